The topological polar surface area (TPSA) is 3.24 Å². The molecule has 0 bridgehead atoms. The monoisotopic (exact) mass is 263 g/mol. The summed E-state index contributed by atoms with van der Waals surface area (Å²) in [6.07, 6.45) is 12.9. The molecule has 110 valence electrons. The average Bonchev–Trinajstić information content (AvgIpc) is 2.69. The fraction of sp³-hybridized carbons (Fsp3) is 0.667. The van der Waals surface area contributed by atoms with Crippen LogP contribution in [0.2, 0.25) is 0 Å². The molecule has 0 spiro atoms. The van der Waals surface area contributed by atoms with E-state index < -0.39 is 0 Å². The van der Waals surface area contributed by atoms with E-state index in [2.05, 4.69) is 43.1 Å². The Bertz CT molecular complexity index is 302. The Hall–Kier alpha value is -0.980. The van der Waals surface area contributed by atoms with Gasteiger partial charge in [0.15, 0.2) is 0 Å². The van der Waals surface area contributed by atoms with Crippen LogP contribution in [0.3, 0.4) is 0 Å². The van der Waals surface area contributed by atoms with Gasteiger partial charge < -0.3 is 4.90 Å². The summed E-state index contributed by atoms with van der Waals surface area (Å²) >= 11 is 0. The Kier molecular flexibility index (Phi) is 10.3. The minimum Gasteiger partial charge on any atom is -0.372 e. The number of hydrogen-bond donors (Lipinski definition) is 0. The molecule has 0 atom stereocenters. The first-order valence-electron chi connectivity index (χ1n) is 8.04. The Labute approximate surface area is 121 Å². The minimum atomic E-state index is 0.911. The van der Waals surface area contributed by atoms with Crippen LogP contribution in [0.5, 0.6) is 0 Å². The normalized spacial score (nSPS) is 19.2. The SMILES string of the molecule is CC.CC.CC1=CC=C(N2CCC(C)CC2)C=CC1. The molecule has 0 aromatic rings. The third kappa shape index (κ3) is 6.66. The molecule has 2 aliphatic rings. The number of hydrogen-bond acceptors (Lipinski definition) is 1. The number of allylic oxidation sites excluding steroid dienone is 5. The van der Waals surface area contributed by atoms with Gasteiger partial charge in [0.2, 0.25) is 0 Å². The number of nitrogens with zero attached hydrogens (tertiary/aromatic N) is 1. The number of piperidine rings is 1. The van der Waals surface area contributed by atoms with Crippen molar-refractivity contribution in [3.05, 3.63) is 35.6 Å². The van der Waals surface area contributed by atoms with Gasteiger partial charge in [0.1, 0.15) is 0 Å². The predicted molar refractivity (Wildman–Crippen MR) is 88.3 cm³/mol. The van der Waals surface area contributed by atoms with E-state index >= 15 is 0 Å². The van der Waals surface area contributed by atoms with Crippen molar-refractivity contribution in [1.29, 1.82) is 0 Å². The highest BCUT2D eigenvalue weighted by Crippen LogP contribution is 2.22. The van der Waals surface area contributed by atoms with Crippen LogP contribution < -0.4 is 0 Å². The van der Waals surface area contributed by atoms with E-state index in [4.69, 9.17) is 0 Å². The van der Waals surface area contributed by atoms with E-state index in [1.807, 2.05) is 27.7 Å². The van der Waals surface area contributed by atoms with Crippen molar-refractivity contribution >= 4 is 0 Å². The van der Waals surface area contributed by atoms with Crippen LogP contribution in [0.1, 0.15) is 60.8 Å². The van der Waals surface area contributed by atoms with Crippen molar-refractivity contribution in [3.63, 3.8) is 0 Å². The first-order chi connectivity index (χ1) is 9.25. The van der Waals surface area contributed by atoms with Gasteiger partial charge in [-0.25, -0.2) is 0 Å². The lowest BCUT2D eigenvalue weighted by molar-refractivity contribution is 0.243. The second-order valence-corrected chi connectivity index (χ2v) is 4.88. The largest absolute Gasteiger partial charge is 0.372 e. The van der Waals surface area contributed by atoms with Crippen molar-refractivity contribution in [2.45, 2.75) is 60.8 Å². The minimum absolute atomic E-state index is 0.911. The molecule has 19 heavy (non-hydrogen) atoms. The van der Waals surface area contributed by atoms with E-state index in [9.17, 15) is 0 Å². The Morgan fingerprint density at radius 3 is 2.16 bits per heavy atom. The molecule has 1 aliphatic carbocycles. The van der Waals surface area contributed by atoms with Crippen LogP contribution in [0.25, 0.3) is 0 Å². The van der Waals surface area contributed by atoms with Crippen LogP contribution >= 0.6 is 0 Å². The molecule has 0 aromatic carbocycles. The van der Waals surface area contributed by atoms with Crippen molar-refractivity contribution in [3.8, 4) is 0 Å². The molecular weight excluding hydrogens is 230 g/mol. The third-order valence-corrected chi connectivity index (χ3v) is 3.42. The molecule has 1 nitrogen and oxygen atoms in total. The summed E-state index contributed by atoms with van der Waals surface area (Å²) in [5.41, 5.74) is 2.85. The summed E-state index contributed by atoms with van der Waals surface area (Å²) < 4.78 is 0. The molecule has 1 fully saturated rings. The standard InChI is InChI=1S/C14H21N.2C2H6/c1-12-4-3-5-14(7-6-12)15-10-8-13(2)9-11-15;2*1-2/h3,5-7,13H,4,8-11H2,1-2H3;2*1-2H3. The van der Waals surface area contributed by atoms with Crippen LogP contribution in [-0.4, -0.2) is 18.0 Å². The molecule has 0 unspecified atom stereocenters. The molecule has 0 N–H and O–H groups in total. The summed E-state index contributed by atoms with van der Waals surface area (Å²) in [6.45, 7) is 15.0. The van der Waals surface area contributed by atoms with Gasteiger partial charge in [-0.3, -0.25) is 0 Å². The lowest BCUT2D eigenvalue weighted by Crippen LogP contribution is -2.31. The molecule has 0 amide bonds. The molecule has 1 saturated heterocycles. The Morgan fingerprint density at radius 2 is 1.58 bits per heavy atom. The first kappa shape index (κ1) is 18.0. The summed E-state index contributed by atoms with van der Waals surface area (Å²) in [6, 6.07) is 0. The zero-order chi connectivity index (χ0) is 14.7. The molecule has 1 heterocycles. The average molecular weight is 263 g/mol. The van der Waals surface area contributed by atoms with E-state index in [1.165, 1.54) is 37.2 Å². The first-order valence-corrected chi connectivity index (χ1v) is 8.04. The van der Waals surface area contributed by atoms with E-state index in [-0.39, 0.29) is 0 Å². The molecule has 1 aliphatic heterocycles. The molecule has 1 heteroatoms. The zero-order valence-electron chi connectivity index (χ0n) is 13.9. The van der Waals surface area contributed by atoms with Crippen LogP contribution in [0, 0.1) is 5.92 Å². The van der Waals surface area contributed by atoms with E-state index in [0.717, 1.165) is 12.3 Å². The molecule has 0 radical (unpaired) electrons. The summed E-state index contributed by atoms with van der Waals surface area (Å²) in [4.78, 5) is 2.52. The second-order valence-electron chi connectivity index (χ2n) is 4.88. The molecular formula is C18H33N. The van der Waals surface area contributed by atoms with Gasteiger partial charge >= 0.3 is 0 Å². The number of likely N-dealkylation sites (tertiary alicyclic amines) is 1. The van der Waals surface area contributed by atoms with Gasteiger partial charge in [-0.1, -0.05) is 52.3 Å². The van der Waals surface area contributed by atoms with Gasteiger partial charge in [0.05, 0.1) is 0 Å². The van der Waals surface area contributed by atoms with Gasteiger partial charge in [-0.05, 0) is 44.3 Å². The third-order valence-electron chi connectivity index (χ3n) is 3.42. The lowest BCUT2D eigenvalue weighted by atomic mass is 9.99. The maximum absolute atomic E-state index is 2.52. The second kappa shape index (κ2) is 10.9. The van der Waals surface area contributed by atoms with Gasteiger partial charge in [0.25, 0.3) is 0 Å². The highest BCUT2D eigenvalue weighted by atomic mass is 15.1. The van der Waals surface area contributed by atoms with Crippen LogP contribution in [-0.2, 0) is 0 Å². The van der Waals surface area contributed by atoms with Gasteiger partial charge in [-0.15, -0.1) is 0 Å². The summed E-state index contributed by atoms with van der Waals surface area (Å²) in [5, 5.41) is 0. The Balaban J connectivity index is 0.000000741. The molecule has 0 saturated carbocycles. The number of rotatable bonds is 1. The summed E-state index contributed by atoms with van der Waals surface area (Å²) in [5.74, 6) is 0.911. The van der Waals surface area contributed by atoms with Crippen molar-refractivity contribution in [1.82, 2.24) is 4.90 Å². The zero-order valence-corrected chi connectivity index (χ0v) is 13.9. The quantitative estimate of drug-likeness (QED) is 0.598. The van der Waals surface area contributed by atoms with Crippen LogP contribution in [0.15, 0.2) is 35.6 Å². The molecule has 2 rings (SSSR count). The highest BCUT2D eigenvalue weighted by molar-refractivity contribution is 5.29. The predicted octanol–water partition coefficient (Wildman–Crippen LogP) is 5.56. The van der Waals surface area contributed by atoms with Crippen LogP contribution in [0.4, 0.5) is 0 Å². The lowest BCUT2D eigenvalue weighted by Gasteiger charge is -2.32. The van der Waals surface area contributed by atoms with Crippen molar-refractivity contribution in [2.24, 2.45) is 5.92 Å². The Morgan fingerprint density at radius 1 is 1.00 bits per heavy atom. The van der Waals surface area contributed by atoms with E-state index in [1.54, 1.807) is 0 Å². The van der Waals surface area contributed by atoms with Gasteiger partial charge in [-0.2, -0.15) is 0 Å². The van der Waals surface area contributed by atoms with Crippen molar-refractivity contribution < 1.29 is 0 Å². The maximum Gasteiger partial charge on any atom is 0.0363 e. The highest BCUT2D eigenvalue weighted by Gasteiger charge is 2.16. The van der Waals surface area contributed by atoms with Crippen molar-refractivity contribution in [2.75, 3.05) is 13.1 Å². The summed E-state index contributed by atoms with van der Waals surface area (Å²) in [7, 11) is 0. The van der Waals surface area contributed by atoms with E-state index in [0.29, 0.717) is 0 Å². The molecule has 0 aromatic heterocycles. The fourth-order valence-corrected chi connectivity index (χ4v) is 2.19. The smallest absolute Gasteiger partial charge is 0.0363 e. The fourth-order valence-electron chi connectivity index (χ4n) is 2.19. The van der Waals surface area contributed by atoms with Gasteiger partial charge in [0, 0.05) is 18.8 Å². The maximum atomic E-state index is 2.52.